The SMILES string of the molecule is Cc1c(-c2ccc3c(c2)NC(=O)CO3)nn(C)c1N. The van der Waals surface area contributed by atoms with E-state index in [2.05, 4.69) is 10.4 Å². The van der Waals surface area contributed by atoms with Crippen LogP contribution in [-0.4, -0.2) is 22.3 Å². The Morgan fingerprint density at radius 3 is 2.95 bits per heavy atom. The Morgan fingerprint density at radius 2 is 2.26 bits per heavy atom. The molecule has 1 amide bonds. The zero-order valence-corrected chi connectivity index (χ0v) is 10.7. The molecule has 0 fully saturated rings. The second kappa shape index (κ2) is 4.01. The van der Waals surface area contributed by atoms with Gasteiger partial charge in [-0.1, -0.05) is 0 Å². The van der Waals surface area contributed by atoms with Gasteiger partial charge in [0.05, 0.1) is 11.4 Å². The number of aromatic nitrogens is 2. The molecule has 0 unspecified atom stereocenters. The summed E-state index contributed by atoms with van der Waals surface area (Å²) in [6, 6.07) is 5.58. The van der Waals surface area contributed by atoms with Crippen molar-refractivity contribution >= 4 is 17.4 Å². The maximum Gasteiger partial charge on any atom is 0.262 e. The number of nitrogens with one attached hydrogen (secondary N) is 1. The van der Waals surface area contributed by atoms with Crippen LogP contribution in [0.5, 0.6) is 5.75 Å². The smallest absolute Gasteiger partial charge is 0.262 e. The maximum absolute atomic E-state index is 11.3. The maximum atomic E-state index is 11.3. The number of nitrogen functional groups attached to an aromatic ring is 1. The summed E-state index contributed by atoms with van der Waals surface area (Å²) in [5, 5.41) is 7.17. The van der Waals surface area contributed by atoms with Crippen LogP contribution >= 0.6 is 0 Å². The van der Waals surface area contributed by atoms with E-state index in [1.165, 1.54) is 0 Å². The van der Waals surface area contributed by atoms with Gasteiger partial charge >= 0.3 is 0 Å². The van der Waals surface area contributed by atoms with Crippen molar-refractivity contribution in [3.8, 4) is 17.0 Å². The summed E-state index contributed by atoms with van der Waals surface area (Å²) >= 11 is 0. The molecule has 6 heteroatoms. The van der Waals surface area contributed by atoms with Crippen LogP contribution < -0.4 is 15.8 Å². The van der Waals surface area contributed by atoms with Gasteiger partial charge in [0, 0.05) is 18.2 Å². The lowest BCUT2D eigenvalue weighted by Gasteiger charge is -2.18. The average Bonchev–Trinajstić information content (AvgIpc) is 2.65. The highest BCUT2D eigenvalue weighted by Crippen LogP contribution is 2.34. The zero-order valence-electron chi connectivity index (χ0n) is 10.7. The van der Waals surface area contributed by atoms with E-state index < -0.39 is 0 Å². The number of ether oxygens (including phenoxy) is 1. The van der Waals surface area contributed by atoms with Gasteiger partial charge in [-0.2, -0.15) is 5.10 Å². The Bertz CT molecular complexity index is 676. The highest BCUT2D eigenvalue weighted by atomic mass is 16.5. The second-order valence-electron chi connectivity index (χ2n) is 4.53. The number of benzene rings is 1. The first-order valence-electron chi connectivity index (χ1n) is 5.92. The zero-order chi connectivity index (χ0) is 13.6. The monoisotopic (exact) mass is 258 g/mol. The van der Waals surface area contributed by atoms with Crippen molar-refractivity contribution in [2.75, 3.05) is 17.7 Å². The third kappa shape index (κ3) is 1.81. The molecule has 19 heavy (non-hydrogen) atoms. The molecule has 0 saturated heterocycles. The fourth-order valence-electron chi connectivity index (χ4n) is 2.15. The van der Waals surface area contributed by atoms with Gasteiger partial charge in [0.25, 0.3) is 5.91 Å². The normalized spacial score (nSPS) is 13.7. The minimum absolute atomic E-state index is 0.0574. The number of hydrogen-bond donors (Lipinski definition) is 2. The Balaban J connectivity index is 2.09. The van der Waals surface area contributed by atoms with E-state index in [1.54, 1.807) is 11.7 Å². The minimum atomic E-state index is -0.151. The molecule has 0 bridgehead atoms. The molecule has 6 nitrogen and oxygen atoms in total. The summed E-state index contributed by atoms with van der Waals surface area (Å²) in [6.45, 7) is 1.98. The topological polar surface area (TPSA) is 82.2 Å². The molecule has 0 atom stereocenters. The lowest BCUT2D eigenvalue weighted by atomic mass is 10.1. The third-order valence-electron chi connectivity index (χ3n) is 3.22. The summed E-state index contributed by atoms with van der Waals surface area (Å²) in [4.78, 5) is 11.3. The number of carbonyl (C=O) groups is 1. The van der Waals surface area contributed by atoms with Gasteiger partial charge in [-0.15, -0.1) is 0 Å². The molecule has 1 aromatic carbocycles. The minimum Gasteiger partial charge on any atom is -0.482 e. The van der Waals surface area contributed by atoms with Crippen molar-refractivity contribution in [3.05, 3.63) is 23.8 Å². The molecule has 2 aromatic rings. The Morgan fingerprint density at radius 1 is 1.47 bits per heavy atom. The number of nitrogens with zero attached hydrogens (tertiary/aromatic N) is 2. The summed E-state index contributed by atoms with van der Waals surface area (Å²) in [5.41, 5.74) is 9.20. The molecule has 1 aliphatic heterocycles. The van der Waals surface area contributed by atoms with Crippen molar-refractivity contribution < 1.29 is 9.53 Å². The summed E-state index contributed by atoms with van der Waals surface area (Å²) in [6.07, 6.45) is 0. The van der Waals surface area contributed by atoms with Crippen LogP contribution in [0.1, 0.15) is 5.56 Å². The van der Waals surface area contributed by atoms with Crippen LogP contribution in [0.15, 0.2) is 18.2 Å². The Kier molecular flexibility index (Phi) is 2.45. The van der Waals surface area contributed by atoms with Gasteiger partial charge < -0.3 is 15.8 Å². The van der Waals surface area contributed by atoms with Crippen molar-refractivity contribution in [2.24, 2.45) is 7.05 Å². The molecular formula is C13H14N4O2. The number of fused-ring (bicyclic) bond motifs is 1. The van der Waals surface area contributed by atoms with E-state index in [0.29, 0.717) is 17.3 Å². The molecule has 0 spiro atoms. The Hall–Kier alpha value is -2.50. The van der Waals surface area contributed by atoms with E-state index >= 15 is 0 Å². The molecule has 3 N–H and O–H groups in total. The van der Waals surface area contributed by atoms with Gasteiger partial charge in [-0.05, 0) is 25.1 Å². The van der Waals surface area contributed by atoms with Crippen LogP contribution in [-0.2, 0) is 11.8 Å². The fourth-order valence-corrected chi connectivity index (χ4v) is 2.15. The predicted octanol–water partition coefficient (Wildman–Crippen LogP) is 1.31. The van der Waals surface area contributed by atoms with Crippen molar-refractivity contribution in [1.29, 1.82) is 0 Å². The highest BCUT2D eigenvalue weighted by Gasteiger charge is 2.18. The summed E-state index contributed by atoms with van der Waals surface area (Å²) < 4.78 is 6.96. The second-order valence-corrected chi connectivity index (χ2v) is 4.53. The number of carbonyl (C=O) groups excluding carboxylic acids is 1. The summed E-state index contributed by atoms with van der Waals surface area (Å²) in [7, 11) is 1.80. The first kappa shape index (κ1) is 11.6. The molecule has 0 radical (unpaired) electrons. The number of amides is 1. The Labute approximate surface area is 110 Å². The molecule has 1 aliphatic rings. The number of aryl methyl sites for hydroxylation is 1. The van der Waals surface area contributed by atoms with Crippen LogP contribution in [0.4, 0.5) is 11.5 Å². The first-order valence-corrected chi connectivity index (χ1v) is 5.92. The number of hydrogen-bond acceptors (Lipinski definition) is 4. The van der Waals surface area contributed by atoms with Crippen LogP contribution in [0.2, 0.25) is 0 Å². The molecule has 1 aromatic heterocycles. The summed E-state index contributed by atoms with van der Waals surface area (Å²) in [5.74, 6) is 1.15. The van der Waals surface area contributed by atoms with Crippen molar-refractivity contribution in [1.82, 2.24) is 9.78 Å². The van der Waals surface area contributed by atoms with Gasteiger partial charge in [-0.25, -0.2) is 0 Å². The quantitative estimate of drug-likeness (QED) is 0.808. The number of rotatable bonds is 1. The van der Waals surface area contributed by atoms with Crippen LogP contribution in [0.3, 0.4) is 0 Å². The molecular weight excluding hydrogens is 244 g/mol. The number of anilines is 2. The van der Waals surface area contributed by atoms with Gasteiger partial charge in [0.2, 0.25) is 0 Å². The van der Waals surface area contributed by atoms with Gasteiger partial charge in [0.15, 0.2) is 6.61 Å². The van der Waals surface area contributed by atoms with Gasteiger partial charge in [0.1, 0.15) is 11.6 Å². The third-order valence-corrected chi connectivity index (χ3v) is 3.22. The lowest BCUT2D eigenvalue weighted by Crippen LogP contribution is -2.25. The largest absolute Gasteiger partial charge is 0.482 e. The molecule has 98 valence electrons. The van der Waals surface area contributed by atoms with Crippen molar-refractivity contribution in [2.45, 2.75) is 6.92 Å². The fraction of sp³-hybridized carbons (Fsp3) is 0.231. The first-order chi connectivity index (χ1) is 9.06. The predicted molar refractivity (Wildman–Crippen MR) is 71.9 cm³/mol. The van der Waals surface area contributed by atoms with E-state index in [0.717, 1.165) is 16.8 Å². The molecule has 3 rings (SSSR count). The highest BCUT2D eigenvalue weighted by molar-refractivity contribution is 5.96. The van der Waals surface area contributed by atoms with Crippen LogP contribution in [0, 0.1) is 6.92 Å². The molecule has 0 saturated carbocycles. The van der Waals surface area contributed by atoms with Gasteiger partial charge in [-0.3, -0.25) is 9.48 Å². The van der Waals surface area contributed by atoms with Crippen molar-refractivity contribution in [3.63, 3.8) is 0 Å². The lowest BCUT2D eigenvalue weighted by molar-refractivity contribution is -0.118. The van der Waals surface area contributed by atoms with E-state index in [-0.39, 0.29) is 12.5 Å². The molecule has 0 aliphatic carbocycles. The van der Waals surface area contributed by atoms with E-state index in [1.807, 2.05) is 25.1 Å². The van der Waals surface area contributed by atoms with E-state index in [4.69, 9.17) is 10.5 Å². The standard InChI is InChI=1S/C13H14N4O2/c1-7-12(16-17(2)13(7)14)8-3-4-10-9(5-8)15-11(18)6-19-10/h3-5H,6,14H2,1-2H3,(H,15,18). The van der Waals surface area contributed by atoms with E-state index in [9.17, 15) is 4.79 Å². The molecule has 2 heterocycles. The van der Waals surface area contributed by atoms with Crippen LogP contribution in [0.25, 0.3) is 11.3 Å². The number of nitrogens with two attached hydrogens (primary N) is 1. The average molecular weight is 258 g/mol.